The van der Waals surface area contributed by atoms with Gasteiger partial charge in [-0.05, 0) is 48.7 Å². The van der Waals surface area contributed by atoms with Crippen molar-refractivity contribution in [1.29, 1.82) is 0 Å². The van der Waals surface area contributed by atoms with E-state index < -0.39 is 10.1 Å². The summed E-state index contributed by atoms with van der Waals surface area (Å²) < 4.78 is 37.4. The molecule has 0 aliphatic heterocycles. The van der Waals surface area contributed by atoms with Crippen molar-refractivity contribution in [2.75, 3.05) is 0 Å². The van der Waals surface area contributed by atoms with Crippen molar-refractivity contribution in [1.82, 2.24) is 0 Å². The topological polar surface area (TPSA) is 83.8 Å². The number of aromatic hydroxyl groups is 1. The van der Waals surface area contributed by atoms with E-state index in [9.17, 15) is 13.5 Å². The summed E-state index contributed by atoms with van der Waals surface area (Å²) in [6.45, 7) is 2.24. The summed E-state index contributed by atoms with van der Waals surface area (Å²) in [5.41, 5.74) is 0.818. The smallest absolute Gasteiger partial charge is 0.294 e. The van der Waals surface area contributed by atoms with Gasteiger partial charge in [-0.25, -0.2) is 0 Å². The lowest BCUT2D eigenvalue weighted by Gasteiger charge is -2.10. The molecule has 0 amide bonds. The van der Waals surface area contributed by atoms with Gasteiger partial charge in [0.05, 0.1) is 4.90 Å². The number of phenolic OH excluding ortho intramolecular Hbond substituents is 1. The lowest BCUT2D eigenvalue weighted by molar-refractivity contribution is 0.454. The lowest BCUT2D eigenvalue weighted by atomic mass is 10.0. The first-order chi connectivity index (χ1) is 14.4. The maximum absolute atomic E-state index is 11.3. The summed E-state index contributed by atoms with van der Waals surface area (Å²) in [5.74, 6) is 1.06. The van der Waals surface area contributed by atoms with E-state index in [0.717, 1.165) is 24.8 Å². The van der Waals surface area contributed by atoms with Crippen molar-refractivity contribution < 1.29 is 22.8 Å². The number of ether oxygens (including phenoxy) is 1. The van der Waals surface area contributed by atoms with Crippen LogP contribution in [0.5, 0.6) is 17.2 Å². The second kappa shape index (κ2) is 12.6. The molecule has 0 bridgehead atoms. The van der Waals surface area contributed by atoms with Crippen LogP contribution >= 0.6 is 0 Å². The van der Waals surface area contributed by atoms with E-state index >= 15 is 0 Å². The first kappa shape index (κ1) is 24.2. The van der Waals surface area contributed by atoms with Crippen LogP contribution in [0.4, 0.5) is 0 Å². The molecular formula is C24H34O5S. The normalized spacial score (nSPS) is 11.5. The molecule has 0 unspecified atom stereocenters. The summed E-state index contributed by atoms with van der Waals surface area (Å²) in [6, 6.07) is 10.7. The van der Waals surface area contributed by atoms with E-state index in [0.29, 0.717) is 11.5 Å². The average Bonchev–Trinajstić information content (AvgIpc) is 2.71. The van der Waals surface area contributed by atoms with Gasteiger partial charge in [0, 0.05) is 6.07 Å². The molecule has 0 aromatic heterocycles. The number of unbranched alkanes of at least 4 members (excludes halogenated alkanes) is 9. The molecule has 0 saturated carbocycles. The van der Waals surface area contributed by atoms with E-state index in [-0.39, 0.29) is 10.6 Å². The highest BCUT2D eigenvalue weighted by Crippen LogP contribution is 2.29. The predicted molar refractivity (Wildman–Crippen MR) is 120 cm³/mol. The number of hydrogen-bond donors (Lipinski definition) is 2. The van der Waals surface area contributed by atoms with Gasteiger partial charge in [-0.15, -0.1) is 0 Å². The van der Waals surface area contributed by atoms with Crippen LogP contribution in [0.3, 0.4) is 0 Å². The van der Waals surface area contributed by atoms with Crippen LogP contribution in [0.15, 0.2) is 47.4 Å². The largest absolute Gasteiger partial charge is 0.508 e. The third kappa shape index (κ3) is 8.76. The van der Waals surface area contributed by atoms with E-state index in [1.54, 1.807) is 24.3 Å². The zero-order valence-electron chi connectivity index (χ0n) is 17.8. The third-order valence-corrected chi connectivity index (χ3v) is 6.04. The molecule has 0 aliphatic rings. The Morgan fingerprint density at radius 3 is 2.03 bits per heavy atom. The molecule has 2 aromatic rings. The maximum Gasteiger partial charge on any atom is 0.294 e. The lowest BCUT2D eigenvalue weighted by Crippen LogP contribution is -1.98. The van der Waals surface area contributed by atoms with Gasteiger partial charge >= 0.3 is 0 Å². The van der Waals surface area contributed by atoms with Gasteiger partial charge in [0.25, 0.3) is 10.1 Å². The van der Waals surface area contributed by atoms with Gasteiger partial charge in [-0.1, -0.05) is 70.8 Å². The molecular weight excluding hydrogens is 400 g/mol. The van der Waals surface area contributed by atoms with Gasteiger partial charge in [0.15, 0.2) is 0 Å². The van der Waals surface area contributed by atoms with Crippen LogP contribution < -0.4 is 4.74 Å². The predicted octanol–water partition coefficient (Wildman–Crippen LogP) is 6.89. The second-order valence-electron chi connectivity index (χ2n) is 7.77. The van der Waals surface area contributed by atoms with Gasteiger partial charge in [-0.2, -0.15) is 8.42 Å². The Hall–Kier alpha value is -2.05. The van der Waals surface area contributed by atoms with Crippen LogP contribution in [0, 0.1) is 0 Å². The fraction of sp³-hybridized carbons (Fsp3) is 0.500. The van der Waals surface area contributed by atoms with Gasteiger partial charge in [0.2, 0.25) is 0 Å². The number of rotatable bonds is 14. The van der Waals surface area contributed by atoms with Gasteiger partial charge in [-0.3, -0.25) is 4.55 Å². The van der Waals surface area contributed by atoms with Crippen molar-refractivity contribution >= 4 is 10.1 Å². The number of benzene rings is 2. The van der Waals surface area contributed by atoms with Crippen LogP contribution in [-0.2, 0) is 16.5 Å². The zero-order valence-corrected chi connectivity index (χ0v) is 18.7. The molecule has 0 saturated heterocycles. The minimum Gasteiger partial charge on any atom is -0.508 e. The molecule has 0 spiro atoms. The van der Waals surface area contributed by atoms with Gasteiger partial charge < -0.3 is 9.84 Å². The van der Waals surface area contributed by atoms with Crippen molar-refractivity contribution in [2.24, 2.45) is 0 Å². The minimum atomic E-state index is -4.28. The summed E-state index contributed by atoms with van der Waals surface area (Å²) >= 11 is 0. The van der Waals surface area contributed by atoms with E-state index in [2.05, 4.69) is 6.92 Å². The molecule has 30 heavy (non-hydrogen) atoms. The summed E-state index contributed by atoms with van der Waals surface area (Å²) in [5, 5.41) is 10.1. The SMILES string of the molecule is CCCCCCCCCCCCc1cc(Oc2cccc(S(=O)(=O)O)c2)ccc1O. The Morgan fingerprint density at radius 2 is 1.40 bits per heavy atom. The average molecular weight is 435 g/mol. The third-order valence-electron chi connectivity index (χ3n) is 5.19. The van der Waals surface area contributed by atoms with Crippen molar-refractivity contribution in [3.63, 3.8) is 0 Å². The molecule has 5 nitrogen and oxygen atoms in total. The van der Waals surface area contributed by atoms with Crippen LogP contribution in [-0.4, -0.2) is 18.1 Å². The highest BCUT2D eigenvalue weighted by Gasteiger charge is 2.11. The summed E-state index contributed by atoms with van der Waals surface area (Å²) in [7, 11) is -4.28. The van der Waals surface area contributed by atoms with E-state index in [1.165, 1.54) is 69.6 Å². The molecule has 2 N–H and O–H groups in total. The van der Waals surface area contributed by atoms with Crippen LogP contribution in [0.2, 0.25) is 0 Å². The Morgan fingerprint density at radius 1 is 0.800 bits per heavy atom. The van der Waals surface area contributed by atoms with E-state index in [4.69, 9.17) is 9.29 Å². The van der Waals surface area contributed by atoms with Crippen molar-refractivity contribution in [2.45, 2.75) is 82.4 Å². The molecule has 6 heteroatoms. The molecule has 2 aromatic carbocycles. The van der Waals surface area contributed by atoms with E-state index in [1.807, 2.05) is 0 Å². The van der Waals surface area contributed by atoms with Crippen molar-refractivity contribution in [3.05, 3.63) is 48.0 Å². The first-order valence-electron chi connectivity index (χ1n) is 11.0. The van der Waals surface area contributed by atoms with Crippen molar-refractivity contribution in [3.8, 4) is 17.2 Å². The molecule has 0 radical (unpaired) electrons. The Kier molecular flexibility index (Phi) is 10.2. The quantitative estimate of drug-likeness (QED) is 0.250. The standard InChI is InChI=1S/C24H34O5S/c1-2-3-4-5-6-7-8-9-10-11-13-20-18-22(16-17-24(20)25)29-21-14-12-15-23(19-21)30(26,27)28/h12,14-19,25H,2-11,13H2,1H3,(H,26,27,28). The molecule has 166 valence electrons. The zero-order chi connectivity index (χ0) is 21.8. The second-order valence-corrected chi connectivity index (χ2v) is 9.20. The number of phenols is 1. The first-order valence-corrected chi connectivity index (χ1v) is 12.4. The highest BCUT2D eigenvalue weighted by atomic mass is 32.2. The molecule has 2 rings (SSSR count). The fourth-order valence-corrected chi connectivity index (χ4v) is 3.98. The molecule has 0 aliphatic carbocycles. The monoisotopic (exact) mass is 434 g/mol. The summed E-state index contributed by atoms with van der Waals surface area (Å²) in [4.78, 5) is -0.218. The summed E-state index contributed by atoms with van der Waals surface area (Å²) in [6.07, 6.45) is 13.4. The fourth-order valence-electron chi connectivity index (χ4n) is 3.46. The minimum absolute atomic E-state index is 0.218. The maximum atomic E-state index is 11.3. The molecule has 0 heterocycles. The van der Waals surface area contributed by atoms with Gasteiger partial charge in [0.1, 0.15) is 17.2 Å². The Bertz CT molecular complexity index is 877. The number of hydrogen-bond acceptors (Lipinski definition) is 4. The number of aryl methyl sites for hydroxylation is 1. The Balaban J connectivity index is 1.79. The van der Waals surface area contributed by atoms with Crippen LogP contribution in [0.25, 0.3) is 0 Å². The molecule has 0 fully saturated rings. The molecule has 0 atom stereocenters. The Labute approximate surface area is 180 Å². The highest BCUT2D eigenvalue weighted by molar-refractivity contribution is 7.85. The van der Waals surface area contributed by atoms with Crippen LogP contribution in [0.1, 0.15) is 76.7 Å².